The molecule has 0 fully saturated rings. The van der Waals surface area contributed by atoms with Gasteiger partial charge in [0.05, 0.1) is 16.8 Å². The Kier molecular flexibility index (Phi) is 4.07. The molecule has 0 bridgehead atoms. The fourth-order valence-electron chi connectivity index (χ4n) is 0.924. The van der Waals surface area contributed by atoms with Crippen molar-refractivity contribution in [1.82, 2.24) is 0 Å². The Morgan fingerprint density at radius 1 is 1.69 bits per heavy atom. The van der Waals surface area contributed by atoms with Crippen LogP contribution in [0.1, 0.15) is 25.5 Å². The van der Waals surface area contributed by atoms with Crippen molar-refractivity contribution in [3.05, 3.63) is 22.6 Å². The van der Waals surface area contributed by atoms with E-state index in [9.17, 15) is 0 Å². The molecule has 1 atom stereocenters. The molecule has 2 nitrogen and oxygen atoms in total. The topological polar surface area (TPSA) is 39.2 Å². The normalized spacial score (nSPS) is 11.9. The summed E-state index contributed by atoms with van der Waals surface area (Å²) in [5, 5.41) is 0. The van der Waals surface area contributed by atoms with E-state index in [1.807, 2.05) is 6.07 Å². The van der Waals surface area contributed by atoms with Crippen LogP contribution >= 0.6 is 15.9 Å². The molecule has 0 saturated heterocycles. The highest BCUT2D eigenvalue weighted by Gasteiger charge is 1.99. The van der Waals surface area contributed by atoms with Gasteiger partial charge in [-0.1, -0.05) is 19.3 Å². The first-order valence-electron chi connectivity index (χ1n) is 4.24. The van der Waals surface area contributed by atoms with E-state index in [1.54, 1.807) is 6.26 Å². The third-order valence-corrected chi connectivity index (χ3v) is 2.21. The molecular weight excluding hydrogens is 230 g/mol. The van der Waals surface area contributed by atoms with Gasteiger partial charge in [-0.2, -0.15) is 0 Å². The fourth-order valence-corrected chi connectivity index (χ4v) is 1.22. The fraction of sp³-hybridized carbons (Fsp3) is 0.400. The predicted octanol–water partition coefficient (Wildman–Crippen LogP) is 2.52. The predicted molar refractivity (Wildman–Crippen MR) is 56.2 cm³/mol. The molecule has 0 aromatic carbocycles. The summed E-state index contributed by atoms with van der Waals surface area (Å²) in [5.74, 6) is 6.46. The number of halogens is 1. The average Bonchev–Trinajstić information content (AvgIpc) is 2.48. The summed E-state index contributed by atoms with van der Waals surface area (Å²) < 4.78 is 6.00. The molecule has 0 saturated carbocycles. The van der Waals surface area contributed by atoms with Gasteiger partial charge in [0.15, 0.2) is 5.76 Å². The van der Waals surface area contributed by atoms with Gasteiger partial charge >= 0.3 is 0 Å². The van der Waals surface area contributed by atoms with Crippen LogP contribution in [0.2, 0.25) is 0 Å². The van der Waals surface area contributed by atoms with Crippen LogP contribution in [0.4, 0.5) is 0 Å². The number of hydrogen-bond donors (Lipinski definition) is 1. The summed E-state index contributed by atoms with van der Waals surface area (Å²) in [5.41, 5.74) is 5.72. The van der Waals surface area contributed by atoms with E-state index in [1.165, 1.54) is 0 Å². The second-order valence-electron chi connectivity index (χ2n) is 2.76. The summed E-state index contributed by atoms with van der Waals surface area (Å²) >= 11 is 3.32. The zero-order valence-electron chi connectivity index (χ0n) is 7.51. The molecular formula is C10H12BrNO. The van der Waals surface area contributed by atoms with Crippen molar-refractivity contribution in [2.45, 2.75) is 25.8 Å². The zero-order valence-corrected chi connectivity index (χ0v) is 9.10. The van der Waals surface area contributed by atoms with E-state index < -0.39 is 0 Å². The highest BCUT2D eigenvalue weighted by molar-refractivity contribution is 9.10. The monoisotopic (exact) mass is 241 g/mol. The third-order valence-electron chi connectivity index (χ3n) is 1.59. The maximum absolute atomic E-state index is 5.72. The first-order valence-corrected chi connectivity index (χ1v) is 5.03. The average molecular weight is 242 g/mol. The highest BCUT2D eigenvalue weighted by Crippen LogP contribution is 2.15. The van der Waals surface area contributed by atoms with Gasteiger partial charge in [0.2, 0.25) is 0 Å². The molecule has 0 amide bonds. The molecule has 1 rings (SSSR count). The van der Waals surface area contributed by atoms with Gasteiger partial charge < -0.3 is 10.2 Å². The minimum Gasteiger partial charge on any atom is -0.455 e. The first kappa shape index (κ1) is 10.4. The molecule has 0 aliphatic carbocycles. The third kappa shape index (κ3) is 3.25. The molecule has 1 aromatic heterocycles. The van der Waals surface area contributed by atoms with E-state index in [0.717, 1.165) is 17.3 Å². The van der Waals surface area contributed by atoms with Crippen molar-refractivity contribution in [3.63, 3.8) is 0 Å². The Hall–Kier alpha value is -0.720. The molecule has 13 heavy (non-hydrogen) atoms. The highest BCUT2D eigenvalue weighted by atomic mass is 79.9. The number of nitrogens with two attached hydrogens (primary N) is 1. The standard InChI is InChI=1S/C10H12BrNO/c1-2-3-8(12)4-5-10-9(11)6-7-13-10/h6-8H,2-3,12H2,1H3. The zero-order chi connectivity index (χ0) is 9.68. The van der Waals surface area contributed by atoms with Crippen LogP contribution in [0.5, 0.6) is 0 Å². The van der Waals surface area contributed by atoms with E-state index in [-0.39, 0.29) is 6.04 Å². The molecule has 70 valence electrons. The van der Waals surface area contributed by atoms with Gasteiger partial charge in [-0.05, 0) is 34.3 Å². The van der Waals surface area contributed by atoms with E-state index in [2.05, 4.69) is 34.7 Å². The van der Waals surface area contributed by atoms with Crippen molar-refractivity contribution in [2.75, 3.05) is 0 Å². The summed E-state index contributed by atoms with van der Waals surface area (Å²) in [6.07, 6.45) is 3.57. The number of hydrogen-bond acceptors (Lipinski definition) is 2. The summed E-state index contributed by atoms with van der Waals surface area (Å²) in [6.45, 7) is 2.09. The largest absolute Gasteiger partial charge is 0.455 e. The molecule has 2 N–H and O–H groups in total. The Bertz CT molecular complexity index is 321. The molecule has 0 aliphatic heterocycles. The van der Waals surface area contributed by atoms with Gasteiger partial charge in [0.1, 0.15) is 0 Å². The first-order chi connectivity index (χ1) is 6.24. The second-order valence-corrected chi connectivity index (χ2v) is 3.62. The lowest BCUT2D eigenvalue weighted by Gasteiger charge is -1.97. The molecule has 1 heterocycles. The number of rotatable bonds is 2. The lowest BCUT2D eigenvalue weighted by Crippen LogP contribution is -2.16. The van der Waals surface area contributed by atoms with Crippen molar-refractivity contribution in [1.29, 1.82) is 0 Å². The van der Waals surface area contributed by atoms with E-state index in [4.69, 9.17) is 10.2 Å². The van der Waals surface area contributed by atoms with Crippen molar-refractivity contribution >= 4 is 15.9 Å². The van der Waals surface area contributed by atoms with Crippen molar-refractivity contribution < 1.29 is 4.42 Å². The SMILES string of the molecule is CCCC(N)C#Cc1occc1Br. The van der Waals surface area contributed by atoms with Crippen LogP contribution < -0.4 is 5.73 Å². The minimum atomic E-state index is -0.0537. The van der Waals surface area contributed by atoms with Crippen LogP contribution in [0.3, 0.4) is 0 Å². The summed E-state index contributed by atoms with van der Waals surface area (Å²) in [4.78, 5) is 0. The maximum atomic E-state index is 5.72. The second kappa shape index (κ2) is 5.11. The molecule has 3 heteroatoms. The van der Waals surface area contributed by atoms with Crippen LogP contribution in [0, 0.1) is 11.8 Å². The van der Waals surface area contributed by atoms with Gasteiger partial charge in [-0.25, -0.2) is 0 Å². The summed E-state index contributed by atoms with van der Waals surface area (Å²) in [6, 6.07) is 1.76. The van der Waals surface area contributed by atoms with Crippen LogP contribution in [0.25, 0.3) is 0 Å². The van der Waals surface area contributed by atoms with Gasteiger partial charge in [0, 0.05) is 0 Å². The molecule has 1 unspecified atom stereocenters. The smallest absolute Gasteiger partial charge is 0.190 e. The van der Waals surface area contributed by atoms with E-state index >= 15 is 0 Å². The molecule has 0 spiro atoms. The summed E-state index contributed by atoms with van der Waals surface area (Å²) in [7, 11) is 0. The lowest BCUT2D eigenvalue weighted by molar-refractivity contribution is 0.552. The van der Waals surface area contributed by atoms with Crippen LogP contribution in [-0.2, 0) is 0 Å². The molecule has 0 aliphatic rings. The van der Waals surface area contributed by atoms with Gasteiger partial charge in [0.25, 0.3) is 0 Å². The maximum Gasteiger partial charge on any atom is 0.190 e. The van der Waals surface area contributed by atoms with Gasteiger partial charge in [-0.15, -0.1) is 0 Å². The number of furan rings is 1. The minimum absolute atomic E-state index is 0.0537. The Morgan fingerprint density at radius 2 is 2.46 bits per heavy atom. The van der Waals surface area contributed by atoms with Gasteiger partial charge in [-0.3, -0.25) is 0 Å². The molecule has 1 aromatic rings. The Balaban J connectivity index is 2.62. The van der Waals surface area contributed by atoms with Crippen LogP contribution in [0.15, 0.2) is 21.2 Å². The van der Waals surface area contributed by atoms with Crippen LogP contribution in [-0.4, -0.2) is 6.04 Å². The Labute approximate surface area is 86.6 Å². The Morgan fingerprint density at radius 3 is 3.00 bits per heavy atom. The molecule has 0 radical (unpaired) electrons. The van der Waals surface area contributed by atoms with Crippen molar-refractivity contribution in [2.24, 2.45) is 5.73 Å². The quantitative estimate of drug-likeness (QED) is 0.809. The van der Waals surface area contributed by atoms with E-state index in [0.29, 0.717) is 5.76 Å². The van der Waals surface area contributed by atoms with Crippen molar-refractivity contribution in [3.8, 4) is 11.8 Å². The lowest BCUT2D eigenvalue weighted by atomic mass is 10.2.